The Hall–Kier alpha value is -2.99. The van der Waals surface area contributed by atoms with E-state index in [0.29, 0.717) is 79.3 Å². The number of nitrogens with one attached hydrogen (secondary N) is 1. The number of ether oxygens (including phenoxy) is 8. The molecule has 0 saturated heterocycles. The molecule has 0 atom stereocenters. The number of non-ortho nitro benzene ring substituents is 1. The van der Waals surface area contributed by atoms with Gasteiger partial charge in [0.15, 0.2) is 0 Å². The number of nitro groups is 2. The maximum atomic E-state index is 11.1. The van der Waals surface area contributed by atoms with Crippen LogP contribution in [-0.2, 0) is 42.7 Å². The fraction of sp³-hybridized carbons (Fsp3) is 0.696. The van der Waals surface area contributed by atoms with Crippen LogP contribution in [0.25, 0.3) is 0 Å². The summed E-state index contributed by atoms with van der Waals surface area (Å²) in [4.78, 5) is 31.3. The number of carbonyl (C=O) groups is 1. The van der Waals surface area contributed by atoms with Gasteiger partial charge in [-0.05, 0) is 6.07 Å². The maximum absolute atomic E-state index is 11.1. The van der Waals surface area contributed by atoms with Crippen molar-refractivity contribution in [3.8, 4) is 0 Å². The van der Waals surface area contributed by atoms with Crippen LogP contribution in [-0.4, -0.2) is 122 Å². The molecular weight excluding hydrogens is 526 g/mol. The molecule has 0 bridgehead atoms. The lowest BCUT2D eigenvalue weighted by atomic mass is 10.2. The van der Waals surface area contributed by atoms with Crippen molar-refractivity contribution in [1.29, 1.82) is 0 Å². The van der Waals surface area contributed by atoms with Crippen LogP contribution in [0.5, 0.6) is 0 Å². The van der Waals surface area contributed by atoms with E-state index >= 15 is 0 Å². The Labute approximate surface area is 226 Å². The number of hydrogen-bond acceptors (Lipinski definition) is 14. The van der Waals surface area contributed by atoms with Gasteiger partial charge in [0.05, 0.1) is 109 Å². The van der Waals surface area contributed by atoms with Gasteiger partial charge in [0.2, 0.25) is 0 Å². The molecule has 0 fully saturated rings. The molecule has 1 aromatic carbocycles. The summed E-state index contributed by atoms with van der Waals surface area (Å²) >= 11 is 0. The molecule has 0 radical (unpaired) electrons. The van der Waals surface area contributed by atoms with Crippen LogP contribution in [0.2, 0.25) is 0 Å². The number of methoxy groups -OCH3 is 1. The molecule has 1 N–H and O–H groups in total. The van der Waals surface area contributed by atoms with Gasteiger partial charge < -0.3 is 43.2 Å². The molecule has 0 aromatic heterocycles. The summed E-state index contributed by atoms with van der Waals surface area (Å²) in [6, 6.07) is 3.41. The van der Waals surface area contributed by atoms with E-state index in [2.05, 4.69) is 10.1 Å². The first-order chi connectivity index (χ1) is 19.0. The normalized spacial score (nSPS) is 10.9. The van der Waals surface area contributed by atoms with Gasteiger partial charge in [-0.15, -0.1) is 0 Å². The monoisotopic (exact) mass is 563 g/mol. The zero-order valence-electron chi connectivity index (χ0n) is 22.0. The van der Waals surface area contributed by atoms with Gasteiger partial charge in [-0.25, -0.2) is 4.79 Å². The summed E-state index contributed by atoms with van der Waals surface area (Å²) in [6.45, 7) is 5.21. The van der Waals surface area contributed by atoms with Crippen molar-refractivity contribution in [2.45, 2.75) is 0 Å². The standard InChI is InChI=1S/C23H37N3O13/c1-32-23(27)19-39-17-16-38-15-14-37-13-12-36-11-10-35-9-8-34-7-6-33-5-4-24-21-3-2-20(25(28)29)18-22(21)26(30)31/h2-3,18,24H,4-17,19H2,1H3. The quantitative estimate of drug-likeness (QED) is 0.0732. The Morgan fingerprint density at radius 3 is 1.54 bits per heavy atom. The number of benzene rings is 1. The Balaban J connectivity index is 1.83. The Kier molecular flexibility index (Phi) is 20.0. The minimum absolute atomic E-state index is 0.0907. The van der Waals surface area contributed by atoms with Gasteiger partial charge >= 0.3 is 5.97 Å². The third-order valence-electron chi connectivity index (χ3n) is 4.63. The molecule has 0 unspecified atom stereocenters. The van der Waals surface area contributed by atoms with Crippen LogP contribution in [0.15, 0.2) is 18.2 Å². The summed E-state index contributed by atoms with van der Waals surface area (Å²) in [6.07, 6.45) is 0. The van der Waals surface area contributed by atoms with E-state index in [4.69, 9.17) is 33.2 Å². The second-order valence-electron chi connectivity index (χ2n) is 7.45. The molecule has 0 amide bonds. The Morgan fingerprint density at radius 2 is 1.13 bits per heavy atom. The summed E-state index contributed by atoms with van der Waals surface area (Å²) in [5.41, 5.74) is -0.536. The largest absolute Gasteiger partial charge is 0.467 e. The van der Waals surface area contributed by atoms with E-state index < -0.39 is 15.8 Å². The molecule has 0 saturated carbocycles. The third-order valence-corrected chi connectivity index (χ3v) is 4.63. The van der Waals surface area contributed by atoms with E-state index in [1.807, 2.05) is 0 Å². The van der Waals surface area contributed by atoms with Crippen LogP contribution in [0.3, 0.4) is 0 Å². The highest BCUT2D eigenvalue weighted by atomic mass is 16.6. The average Bonchev–Trinajstić information content (AvgIpc) is 2.93. The van der Waals surface area contributed by atoms with Gasteiger partial charge in [-0.2, -0.15) is 0 Å². The van der Waals surface area contributed by atoms with Crippen molar-refractivity contribution in [3.63, 3.8) is 0 Å². The van der Waals surface area contributed by atoms with E-state index in [1.165, 1.54) is 19.2 Å². The summed E-state index contributed by atoms with van der Waals surface area (Å²) in [5.74, 6) is -0.427. The second kappa shape index (κ2) is 22.9. The zero-order chi connectivity index (χ0) is 28.6. The lowest BCUT2D eigenvalue weighted by Crippen LogP contribution is -2.16. The van der Waals surface area contributed by atoms with Crippen molar-refractivity contribution in [1.82, 2.24) is 0 Å². The van der Waals surface area contributed by atoms with Gasteiger partial charge in [0.1, 0.15) is 12.3 Å². The lowest BCUT2D eigenvalue weighted by Gasteiger charge is -2.09. The Morgan fingerprint density at radius 1 is 0.692 bits per heavy atom. The first-order valence-electron chi connectivity index (χ1n) is 12.2. The first kappa shape index (κ1) is 34.0. The number of carbonyl (C=O) groups excluding carboxylic acids is 1. The SMILES string of the molecule is COC(=O)COCCOCCOCCOCCOCCOCCOCCNc1ccc([N+](=O)[O-])cc1[N+](=O)[O-]. The van der Waals surface area contributed by atoms with Crippen molar-refractivity contribution >= 4 is 23.0 Å². The number of nitrogens with zero attached hydrogens (tertiary/aromatic N) is 2. The van der Waals surface area contributed by atoms with Crippen molar-refractivity contribution in [2.75, 3.05) is 111 Å². The molecule has 0 spiro atoms. The molecular formula is C23H37N3O13. The minimum atomic E-state index is -0.686. The smallest absolute Gasteiger partial charge is 0.331 e. The molecule has 16 nitrogen and oxygen atoms in total. The zero-order valence-corrected chi connectivity index (χ0v) is 22.0. The number of anilines is 1. The highest BCUT2D eigenvalue weighted by Gasteiger charge is 2.19. The van der Waals surface area contributed by atoms with Gasteiger partial charge in [-0.1, -0.05) is 0 Å². The predicted molar refractivity (Wildman–Crippen MR) is 136 cm³/mol. The van der Waals surface area contributed by atoms with Gasteiger partial charge in [0.25, 0.3) is 11.4 Å². The molecule has 0 heterocycles. The molecule has 222 valence electrons. The Bertz CT molecular complexity index is 828. The fourth-order valence-corrected chi connectivity index (χ4v) is 2.73. The van der Waals surface area contributed by atoms with Crippen LogP contribution >= 0.6 is 0 Å². The van der Waals surface area contributed by atoms with E-state index in [-0.39, 0.29) is 36.8 Å². The number of rotatable bonds is 26. The van der Waals surface area contributed by atoms with E-state index in [0.717, 1.165) is 6.07 Å². The molecule has 39 heavy (non-hydrogen) atoms. The first-order valence-corrected chi connectivity index (χ1v) is 12.2. The number of esters is 1. The highest BCUT2D eigenvalue weighted by molar-refractivity contribution is 5.70. The van der Waals surface area contributed by atoms with E-state index in [9.17, 15) is 25.0 Å². The molecule has 0 aliphatic rings. The fourth-order valence-electron chi connectivity index (χ4n) is 2.73. The van der Waals surface area contributed by atoms with Crippen molar-refractivity contribution in [2.24, 2.45) is 0 Å². The average molecular weight is 564 g/mol. The molecule has 16 heteroatoms. The predicted octanol–water partition coefficient (Wildman–Crippen LogP) is 1.20. The molecule has 1 rings (SSSR count). The summed E-state index contributed by atoms with van der Waals surface area (Å²) in [7, 11) is 1.30. The summed E-state index contributed by atoms with van der Waals surface area (Å²) in [5, 5.41) is 24.7. The maximum Gasteiger partial charge on any atom is 0.331 e. The van der Waals surface area contributed by atoms with Crippen LogP contribution < -0.4 is 5.32 Å². The summed E-state index contributed by atoms with van der Waals surface area (Å²) < 4.78 is 41.7. The highest BCUT2D eigenvalue weighted by Crippen LogP contribution is 2.28. The number of nitro benzene ring substituents is 2. The lowest BCUT2D eigenvalue weighted by molar-refractivity contribution is -0.393. The van der Waals surface area contributed by atoms with Crippen LogP contribution in [0, 0.1) is 20.2 Å². The van der Waals surface area contributed by atoms with E-state index in [1.54, 1.807) is 0 Å². The number of hydrogen-bond donors (Lipinski definition) is 1. The van der Waals surface area contributed by atoms with Gasteiger partial charge in [-0.3, -0.25) is 20.2 Å². The van der Waals surface area contributed by atoms with Gasteiger partial charge in [0, 0.05) is 12.6 Å². The van der Waals surface area contributed by atoms with Crippen LogP contribution in [0.4, 0.5) is 17.1 Å². The minimum Gasteiger partial charge on any atom is -0.467 e. The topological polar surface area (TPSA) is 189 Å². The van der Waals surface area contributed by atoms with Crippen LogP contribution in [0.1, 0.15) is 0 Å². The second-order valence-corrected chi connectivity index (χ2v) is 7.45. The van der Waals surface area contributed by atoms with Crippen molar-refractivity contribution < 1.29 is 52.5 Å². The van der Waals surface area contributed by atoms with Crippen molar-refractivity contribution in [3.05, 3.63) is 38.4 Å². The molecule has 0 aliphatic carbocycles. The molecule has 0 aliphatic heterocycles. The third kappa shape index (κ3) is 18.0. The molecule has 1 aromatic rings.